The molecule has 34 nitrogen and oxygen atoms in total. The molecule has 2 aliphatic carbocycles. The molecule has 702 valence electrons. The van der Waals surface area contributed by atoms with Gasteiger partial charge in [0, 0.05) is 94.8 Å². The number of nitrogens with two attached hydrogens (primary N) is 2. The number of alkyl carbamates (subject to hydrolysis) is 1. The molecule has 0 unspecified atom stereocenters. The molecule has 11 N–H and O–H groups in total. The predicted molar refractivity (Wildman–Crippen MR) is 473 cm³/mol. The van der Waals surface area contributed by atoms with Gasteiger partial charge < -0.3 is 114 Å². The molecule has 3 amide bonds. The van der Waals surface area contributed by atoms with Crippen molar-refractivity contribution in [2.45, 2.75) is 217 Å². The van der Waals surface area contributed by atoms with Crippen molar-refractivity contribution in [2.75, 3.05) is 152 Å². The summed E-state index contributed by atoms with van der Waals surface area (Å²) in [7, 11) is 4.77. The highest BCUT2D eigenvalue weighted by molar-refractivity contribution is 6.39. The second kappa shape index (κ2) is 54.9. The highest BCUT2D eigenvalue weighted by Gasteiger charge is 2.52. The Bertz CT molecular complexity index is 4150. The van der Waals surface area contributed by atoms with Crippen LogP contribution in [0, 0.1) is 35.5 Å². The van der Waals surface area contributed by atoms with Crippen molar-refractivity contribution in [1.82, 2.24) is 45.4 Å². The fourth-order valence-electron chi connectivity index (χ4n) is 16.8. The molecule has 126 heavy (non-hydrogen) atoms. The Morgan fingerprint density at radius 3 is 2.08 bits per heavy atom. The first-order valence-corrected chi connectivity index (χ1v) is 44.8. The van der Waals surface area contributed by atoms with E-state index in [4.69, 9.17) is 78.0 Å². The van der Waals surface area contributed by atoms with E-state index < -0.39 is 95.9 Å². The van der Waals surface area contributed by atoms with E-state index in [2.05, 4.69) is 43.7 Å². The first-order chi connectivity index (χ1) is 60.8. The number of H-pyrrole nitrogens is 1. The Labute approximate surface area is 741 Å². The fourth-order valence-corrected chi connectivity index (χ4v) is 16.8. The van der Waals surface area contributed by atoms with Crippen molar-refractivity contribution in [1.29, 1.82) is 0 Å². The van der Waals surface area contributed by atoms with Crippen LogP contribution in [0.25, 0.3) is 27.8 Å². The predicted octanol–water partition coefficient (Wildman–Crippen LogP) is 8.12. The molecule has 1 aromatic carbocycles. The van der Waals surface area contributed by atoms with E-state index in [0.29, 0.717) is 167 Å². The monoisotopic (exact) mass is 1770 g/mol. The average molecular weight is 1770 g/mol. The zero-order valence-electron chi connectivity index (χ0n) is 75.3. The minimum atomic E-state index is -2.25. The number of aromatic nitrogens is 5. The number of piperidine rings is 1. The summed E-state index contributed by atoms with van der Waals surface area (Å²) >= 11 is 0. The van der Waals surface area contributed by atoms with Gasteiger partial charge >= 0.3 is 6.09 Å². The number of aromatic amines is 1. The number of benzene rings is 1. The summed E-state index contributed by atoms with van der Waals surface area (Å²) in [6, 6.07) is 6.98. The number of hydrogen-bond acceptors (Lipinski definition) is 29. The van der Waals surface area contributed by atoms with Gasteiger partial charge in [0.15, 0.2) is 11.6 Å². The molecule has 34 heteroatoms. The number of para-hydroxylation sites is 1. The van der Waals surface area contributed by atoms with E-state index in [-0.39, 0.29) is 80.1 Å². The largest absolute Gasteiger partial charge is 0.495 e. The lowest BCUT2D eigenvalue weighted by Gasteiger charge is -2.42. The fraction of sp³-hybridized carbons (Fsp3) is 0.674. The van der Waals surface area contributed by atoms with Gasteiger partial charge in [-0.15, -0.1) is 6.58 Å². The van der Waals surface area contributed by atoms with Crippen LogP contribution in [0.3, 0.4) is 0 Å². The molecule has 2 saturated heterocycles. The molecule has 0 radical (unpaired) electrons. The summed E-state index contributed by atoms with van der Waals surface area (Å²) in [5.74, 6) is -4.25. The summed E-state index contributed by atoms with van der Waals surface area (Å²) in [5.41, 5.74) is 17.3. The van der Waals surface area contributed by atoms with Crippen LogP contribution < -0.4 is 32.2 Å². The number of nitrogens with one attached hydrogen (secondary N) is 4. The summed E-state index contributed by atoms with van der Waals surface area (Å²) < 4.78 is 75.4. The minimum Gasteiger partial charge on any atom is -0.495 e. The highest BCUT2D eigenvalue weighted by atomic mass is 16.6. The number of aliphatic hydroxyl groups is 3. The third-order valence-electron chi connectivity index (χ3n) is 24.3. The van der Waals surface area contributed by atoms with Gasteiger partial charge in [0.1, 0.15) is 59.3 Å². The van der Waals surface area contributed by atoms with Gasteiger partial charge in [-0.05, 0) is 151 Å². The number of Topliss-reactive ketones (excluding diaryl/α,β-unsaturated/α-hetero) is 3. The van der Waals surface area contributed by atoms with E-state index in [1.165, 1.54) is 31.3 Å². The molecule has 15 atom stereocenters. The first kappa shape index (κ1) is 103. The van der Waals surface area contributed by atoms with Crippen LogP contribution in [-0.2, 0) is 85.6 Å². The molecule has 0 spiro atoms. The van der Waals surface area contributed by atoms with Crippen molar-refractivity contribution in [3.05, 3.63) is 96.7 Å². The van der Waals surface area contributed by atoms with Crippen LogP contribution >= 0.6 is 0 Å². The maximum absolute atomic E-state index is 13.6. The number of ether oxygens (including phenoxy) is 13. The van der Waals surface area contributed by atoms with Crippen molar-refractivity contribution >= 4 is 64.0 Å². The standard InChI is InChI=1S/C92H141N11O23/c1-11-70-21-15-16-35-102(70)90(111)87(110)92(113)65(7)23-29-71(126-92)55-77(115-9)61(3)19-14-12-13-18-60(2)50-63(5)84(107)86(109)85(108)64(6)51-62(4)74(105)56-78(124-59-104)72(93)52-67-26-30-75(79(53-67)116-10)125-91(112)97-34-39-120-43-45-122-47-49-123-48-46-121-44-40-117-36-31-80(106)96-33-38-119-42-41-118-37-32-95-57-66-24-27-68(28-25-66)89-101-82(83-88(94)98-58-99-103(83)89)73-54-69-20-17-22-76(114-8)81(69)100-73/h11-14,17-20,22,51,54,58-60,62-63,65-68,70-72,75,77-79,85-86,95,100,108-109,113H,1,15-16,21,23-50,52-53,55-57,93H2,2-10H3,(H,96,106)(H,97,112)(H2,94,98,99)/b14-12+,18-13+,61-19+,64-51+/t60-,62-,63-,65-,66?,67+,68?,70-,71+,72-,75-,77+,78+,79-,85-,86+,92-/m1/s1. The van der Waals surface area contributed by atoms with Gasteiger partial charge in [0.2, 0.25) is 11.7 Å². The van der Waals surface area contributed by atoms with Crippen LogP contribution in [0.15, 0.2) is 90.9 Å². The molecule has 0 bridgehead atoms. The van der Waals surface area contributed by atoms with Crippen LogP contribution in [-0.4, -0.2) is 294 Å². The number of amides is 3. The Kier molecular flexibility index (Phi) is 44.9. The van der Waals surface area contributed by atoms with Crippen LogP contribution in [0.4, 0.5) is 10.6 Å². The number of carbonyl (C=O) groups is 7. The summed E-state index contributed by atoms with van der Waals surface area (Å²) in [6.45, 7) is 22.3. The van der Waals surface area contributed by atoms with Crippen molar-refractivity contribution in [3.8, 4) is 17.1 Å². The van der Waals surface area contributed by atoms with Crippen molar-refractivity contribution in [2.24, 2.45) is 41.2 Å². The number of aliphatic hydroxyl groups excluding tert-OH is 2. The molecule has 2 aliphatic heterocycles. The molecule has 4 aromatic rings. The Morgan fingerprint density at radius 2 is 1.42 bits per heavy atom. The summed E-state index contributed by atoms with van der Waals surface area (Å²) in [6.07, 6.45) is 17.4. The zero-order chi connectivity index (χ0) is 90.9. The van der Waals surface area contributed by atoms with E-state index in [9.17, 15) is 48.9 Å². The maximum atomic E-state index is 13.6. The molecular formula is C92H141N11O23. The third-order valence-corrected chi connectivity index (χ3v) is 24.3. The number of hydrogen-bond donors (Lipinski definition) is 9. The molecular weight excluding hydrogens is 1630 g/mol. The molecule has 5 heterocycles. The molecule has 3 aromatic heterocycles. The Morgan fingerprint density at radius 1 is 0.762 bits per heavy atom. The summed E-state index contributed by atoms with van der Waals surface area (Å²) in [4.78, 5) is 105. The van der Waals surface area contributed by atoms with Gasteiger partial charge in [-0.25, -0.2) is 19.3 Å². The Balaban J connectivity index is 0.572. The first-order valence-electron chi connectivity index (χ1n) is 44.8. The molecule has 4 aliphatic rings. The molecule has 2 saturated carbocycles. The number of likely N-dealkylation sites (tertiary alicyclic amines) is 1. The number of rotatable bonds is 59. The highest BCUT2D eigenvalue weighted by Crippen LogP contribution is 2.41. The topological polar surface area (TPSA) is 450 Å². The van der Waals surface area contributed by atoms with Crippen LogP contribution in [0.5, 0.6) is 5.75 Å². The van der Waals surface area contributed by atoms with Gasteiger partial charge in [-0.2, -0.15) is 5.10 Å². The lowest BCUT2D eigenvalue weighted by Crippen LogP contribution is -2.59. The second-order valence-corrected chi connectivity index (χ2v) is 33.6. The summed E-state index contributed by atoms with van der Waals surface area (Å²) in [5, 5.41) is 48.5. The number of anilines is 1. The quantitative estimate of drug-likeness (QED) is 0.00662. The number of nitrogen functional groups attached to an aromatic ring is 1. The number of methoxy groups -OCH3 is 3. The number of allylic oxidation sites excluding steroid dienone is 6. The van der Waals surface area contributed by atoms with Crippen LogP contribution in [0.1, 0.15) is 162 Å². The van der Waals surface area contributed by atoms with Crippen LogP contribution in [0.2, 0.25) is 0 Å². The Hall–Kier alpha value is -8.30. The maximum Gasteiger partial charge on any atom is 0.407 e. The van der Waals surface area contributed by atoms with Gasteiger partial charge in [-0.3, -0.25) is 28.8 Å². The van der Waals surface area contributed by atoms with E-state index in [0.717, 1.165) is 91.1 Å². The normalized spacial score (nSPS) is 22.8. The van der Waals surface area contributed by atoms with Gasteiger partial charge in [-0.1, -0.05) is 82.4 Å². The molecule has 8 rings (SSSR count). The smallest absolute Gasteiger partial charge is 0.407 e. The van der Waals surface area contributed by atoms with Gasteiger partial charge in [0.25, 0.3) is 18.2 Å². The number of fused-ring (bicyclic) bond motifs is 2. The number of imidazole rings is 1. The van der Waals surface area contributed by atoms with Gasteiger partial charge in [0.05, 0.1) is 135 Å². The lowest BCUT2D eigenvalue weighted by atomic mass is 9.80. The van der Waals surface area contributed by atoms with Crippen molar-refractivity contribution < 1.29 is 110 Å². The van der Waals surface area contributed by atoms with Crippen molar-refractivity contribution in [3.63, 3.8) is 0 Å². The van der Waals surface area contributed by atoms with E-state index in [1.54, 1.807) is 41.1 Å². The number of nitrogens with zero attached hydrogens (tertiary/aromatic N) is 5. The average Bonchev–Trinajstić information content (AvgIpc) is 1.43. The number of carbonyl (C=O) groups excluding carboxylic acids is 7. The van der Waals surface area contributed by atoms with E-state index >= 15 is 0 Å². The minimum absolute atomic E-state index is 0.0117. The lowest BCUT2D eigenvalue weighted by molar-refractivity contribution is -0.265. The number of ketones is 3. The molecule has 4 fully saturated rings. The SMILES string of the molecule is C=C[C@@H]1CCCCN1C(=O)C(=O)[C@]1(O)O[C@H](C[C@H](OC)/C(C)=C/C=C/C=C/[C@@H](C)C[C@@H](C)C(=O)[C@H](O)[C@H](O)/C(C)=C/[C@@H](C)C(=O)C[C@H](OC=O)[C@H](N)C[C@@H]2CC[C@@H](OC(=O)NCCOCCOCCOCCOCCOCCC(=O)NCCOCCOCCNCC3CCC(c4nc(-c5cc6cccc(OC)c6[nH]5)c5c(N)ncnn45)CC3)[C@H](OC)C2)CC[C@H]1C. The second-order valence-electron chi connectivity index (χ2n) is 33.6. The van der Waals surface area contributed by atoms with E-state index in [1.807, 2.05) is 66.9 Å². The zero-order valence-corrected chi connectivity index (χ0v) is 75.3. The third kappa shape index (κ3) is 32.1.